The number of rotatable bonds is 10. The molecule has 0 aliphatic rings. The second kappa shape index (κ2) is 10.4. The Morgan fingerprint density at radius 1 is 1.13 bits per heavy atom. The maximum absolute atomic E-state index is 5.10. The van der Waals surface area contributed by atoms with Gasteiger partial charge in [-0.05, 0) is 13.5 Å². The van der Waals surface area contributed by atoms with Crippen molar-refractivity contribution in [2.75, 3.05) is 53.6 Å². The van der Waals surface area contributed by atoms with Crippen LogP contribution in [0.4, 0.5) is 0 Å². The molecule has 92 valence electrons. The molecule has 0 aliphatic heterocycles. The van der Waals surface area contributed by atoms with Crippen LogP contribution in [-0.2, 0) is 9.47 Å². The quantitative estimate of drug-likeness (QED) is 0.581. The van der Waals surface area contributed by atoms with Gasteiger partial charge in [-0.15, -0.1) is 0 Å². The standard InChI is InChI=1S/C11H26N2O2/c1-5-12-10-11(2)13(6-8-14-3)7-9-15-4/h11-12H,5-10H2,1-4H3. The van der Waals surface area contributed by atoms with Gasteiger partial charge in [-0.3, -0.25) is 4.90 Å². The van der Waals surface area contributed by atoms with Gasteiger partial charge in [-0.25, -0.2) is 0 Å². The predicted octanol–water partition coefficient (Wildman–Crippen LogP) is 0.579. The van der Waals surface area contributed by atoms with Gasteiger partial charge >= 0.3 is 0 Å². The van der Waals surface area contributed by atoms with Crippen molar-refractivity contribution in [2.24, 2.45) is 0 Å². The first-order valence-corrected chi connectivity index (χ1v) is 5.68. The van der Waals surface area contributed by atoms with Crippen molar-refractivity contribution in [3.05, 3.63) is 0 Å². The monoisotopic (exact) mass is 218 g/mol. The molecule has 1 atom stereocenters. The summed E-state index contributed by atoms with van der Waals surface area (Å²) in [4.78, 5) is 2.38. The van der Waals surface area contributed by atoms with Crippen molar-refractivity contribution < 1.29 is 9.47 Å². The molecule has 0 aliphatic carbocycles. The lowest BCUT2D eigenvalue weighted by molar-refractivity contribution is 0.0918. The zero-order valence-corrected chi connectivity index (χ0v) is 10.6. The van der Waals surface area contributed by atoms with E-state index in [0.717, 1.165) is 39.4 Å². The number of hydrogen-bond acceptors (Lipinski definition) is 4. The highest BCUT2D eigenvalue weighted by atomic mass is 16.5. The van der Waals surface area contributed by atoms with Crippen LogP contribution in [0.25, 0.3) is 0 Å². The highest BCUT2D eigenvalue weighted by Gasteiger charge is 2.12. The fourth-order valence-corrected chi connectivity index (χ4v) is 1.45. The number of hydrogen-bond donors (Lipinski definition) is 1. The Labute approximate surface area is 93.9 Å². The van der Waals surface area contributed by atoms with E-state index in [9.17, 15) is 0 Å². The Hall–Kier alpha value is -0.160. The molecule has 0 amide bonds. The molecule has 4 heteroatoms. The van der Waals surface area contributed by atoms with Gasteiger partial charge in [-0.2, -0.15) is 0 Å². The summed E-state index contributed by atoms with van der Waals surface area (Å²) >= 11 is 0. The van der Waals surface area contributed by atoms with Crippen molar-refractivity contribution in [3.8, 4) is 0 Å². The van der Waals surface area contributed by atoms with E-state index in [1.54, 1.807) is 14.2 Å². The molecule has 0 saturated heterocycles. The highest BCUT2D eigenvalue weighted by molar-refractivity contribution is 4.69. The van der Waals surface area contributed by atoms with Gasteiger partial charge in [0.05, 0.1) is 13.2 Å². The van der Waals surface area contributed by atoms with Gasteiger partial charge in [0, 0.05) is 39.9 Å². The summed E-state index contributed by atoms with van der Waals surface area (Å²) in [5.41, 5.74) is 0. The molecule has 4 nitrogen and oxygen atoms in total. The lowest BCUT2D eigenvalue weighted by atomic mass is 10.2. The average Bonchev–Trinajstić information content (AvgIpc) is 2.26. The first kappa shape index (κ1) is 14.8. The van der Waals surface area contributed by atoms with Gasteiger partial charge in [0.15, 0.2) is 0 Å². The van der Waals surface area contributed by atoms with Crippen LogP contribution in [0.3, 0.4) is 0 Å². The molecular formula is C11H26N2O2. The van der Waals surface area contributed by atoms with Crippen molar-refractivity contribution in [2.45, 2.75) is 19.9 Å². The summed E-state index contributed by atoms with van der Waals surface area (Å²) in [5.74, 6) is 0. The van der Waals surface area contributed by atoms with Crippen molar-refractivity contribution >= 4 is 0 Å². The van der Waals surface area contributed by atoms with Gasteiger partial charge in [0.25, 0.3) is 0 Å². The fraction of sp³-hybridized carbons (Fsp3) is 1.00. The lowest BCUT2D eigenvalue weighted by Crippen LogP contribution is -2.43. The largest absolute Gasteiger partial charge is 0.383 e. The second-order valence-corrected chi connectivity index (χ2v) is 3.68. The van der Waals surface area contributed by atoms with E-state index in [-0.39, 0.29) is 0 Å². The molecule has 0 radical (unpaired) electrons. The number of methoxy groups -OCH3 is 2. The van der Waals surface area contributed by atoms with Crippen molar-refractivity contribution in [1.82, 2.24) is 10.2 Å². The van der Waals surface area contributed by atoms with Crippen LogP contribution >= 0.6 is 0 Å². The summed E-state index contributed by atoms with van der Waals surface area (Å²) in [6.07, 6.45) is 0. The van der Waals surface area contributed by atoms with E-state index in [4.69, 9.17) is 9.47 Å². The first-order chi connectivity index (χ1) is 7.26. The molecule has 0 bridgehead atoms. The van der Waals surface area contributed by atoms with E-state index in [0.29, 0.717) is 6.04 Å². The molecular weight excluding hydrogens is 192 g/mol. The van der Waals surface area contributed by atoms with Crippen molar-refractivity contribution in [1.29, 1.82) is 0 Å². The molecule has 1 N–H and O–H groups in total. The average molecular weight is 218 g/mol. The summed E-state index contributed by atoms with van der Waals surface area (Å²) in [7, 11) is 3.48. The summed E-state index contributed by atoms with van der Waals surface area (Å²) in [6.45, 7) is 9.88. The minimum absolute atomic E-state index is 0.523. The topological polar surface area (TPSA) is 33.7 Å². The van der Waals surface area contributed by atoms with E-state index >= 15 is 0 Å². The molecule has 0 heterocycles. The normalized spacial score (nSPS) is 13.4. The predicted molar refractivity (Wildman–Crippen MR) is 63.3 cm³/mol. The zero-order chi connectivity index (χ0) is 11.5. The smallest absolute Gasteiger partial charge is 0.0589 e. The maximum atomic E-state index is 5.10. The molecule has 0 aromatic carbocycles. The molecule has 0 aromatic rings. The van der Waals surface area contributed by atoms with Gasteiger partial charge in [0.1, 0.15) is 0 Å². The number of likely N-dealkylation sites (N-methyl/N-ethyl adjacent to an activating group) is 1. The van der Waals surface area contributed by atoms with Gasteiger partial charge in [0.2, 0.25) is 0 Å². The van der Waals surface area contributed by atoms with Gasteiger partial charge in [-0.1, -0.05) is 6.92 Å². The second-order valence-electron chi connectivity index (χ2n) is 3.68. The van der Waals surface area contributed by atoms with Crippen LogP contribution < -0.4 is 5.32 Å². The molecule has 1 unspecified atom stereocenters. The Morgan fingerprint density at radius 2 is 1.67 bits per heavy atom. The maximum Gasteiger partial charge on any atom is 0.0589 e. The molecule has 0 spiro atoms. The Morgan fingerprint density at radius 3 is 2.07 bits per heavy atom. The number of nitrogens with one attached hydrogen (secondary N) is 1. The summed E-state index contributed by atoms with van der Waals surface area (Å²) in [6, 6.07) is 0.523. The Bertz CT molecular complexity index is 126. The zero-order valence-electron chi connectivity index (χ0n) is 10.6. The van der Waals surface area contributed by atoms with Gasteiger partial charge < -0.3 is 14.8 Å². The Balaban J connectivity index is 3.84. The van der Waals surface area contributed by atoms with Crippen LogP contribution in [0.15, 0.2) is 0 Å². The van der Waals surface area contributed by atoms with Crippen LogP contribution in [0.1, 0.15) is 13.8 Å². The van der Waals surface area contributed by atoms with E-state index in [1.807, 2.05) is 0 Å². The molecule has 0 aromatic heterocycles. The third kappa shape index (κ3) is 7.73. The fourth-order valence-electron chi connectivity index (χ4n) is 1.45. The van der Waals surface area contributed by atoms with Crippen LogP contribution in [-0.4, -0.2) is 64.6 Å². The molecule has 0 rings (SSSR count). The van der Waals surface area contributed by atoms with Crippen LogP contribution in [0.5, 0.6) is 0 Å². The van der Waals surface area contributed by atoms with E-state index in [2.05, 4.69) is 24.1 Å². The first-order valence-electron chi connectivity index (χ1n) is 5.68. The SMILES string of the molecule is CCNCC(C)N(CCOC)CCOC. The highest BCUT2D eigenvalue weighted by Crippen LogP contribution is 1.97. The lowest BCUT2D eigenvalue weighted by Gasteiger charge is -2.28. The van der Waals surface area contributed by atoms with Crippen LogP contribution in [0, 0.1) is 0 Å². The van der Waals surface area contributed by atoms with Crippen molar-refractivity contribution in [3.63, 3.8) is 0 Å². The minimum atomic E-state index is 0.523. The molecule has 0 saturated carbocycles. The third-order valence-corrected chi connectivity index (χ3v) is 2.48. The third-order valence-electron chi connectivity index (χ3n) is 2.48. The minimum Gasteiger partial charge on any atom is -0.383 e. The molecule has 0 fully saturated rings. The summed E-state index contributed by atoms with van der Waals surface area (Å²) in [5, 5.41) is 3.36. The summed E-state index contributed by atoms with van der Waals surface area (Å²) < 4.78 is 10.2. The van der Waals surface area contributed by atoms with E-state index < -0.39 is 0 Å². The molecule has 15 heavy (non-hydrogen) atoms. The Kier molecular flexibility index (Phi) is 10.3. The van der Waals surface area contributed by atoms with E-state index in [1.165, 1.54) is 0 Å². The number of ether oxygens (including phenoxy) is 2. The van der Waals surface area contributed by atoms with Crippen LogP contribution in [0.2, 0.25) is 0 Å². The number of nitrogens with zero attached hydrogens (tertiary/aromatic N) is 1.